The van der Waals surface area contributed by atoms with Crippen LogP contribution >= 0.6 is 0 Å². The van der Waals surface area contributed by atoms with E-state index < -0.39 is 11.6 Å². The summed E-state index contributed by atoms with van der Waals surface area (Å²) in [6.45, 7) is 2.88. The predicted octanol–water partition coefficient (Wildman–Crippen LogP) is 2.37. The standard InChI is InChI=1S/C13H16F2N4/c1-2-5-16-12(13-8-17-19-18-13)7-9-3-4-10(14)11(15)6-9/h3-4,6,8,12,16H,2,5,7H2,1H3,(H,17,18,19). The number of halogens is 2. The van der Waals surface area contributed by atoms with Crippen LogP contribution in [0.5, 0.6) is 0 Å². The Balaban J connectivity index is 2.13. The molecule has 19 heavy (non-hydrogen) atoms. The maximum atomic E-state index is 13.2. The van der Waals surface area contributed by atoms with Crippen molar-refractivity contribution < 1.29 is 8.78 Å². The molecule has 0 aliphatic carbocycles. The average Bonchev–Trinajstić information content (AvgIpc) is 2.92. The molecule has 0 aliphatic heterocycles. The molecule has 1 aromatic heterocycles. The Labute approximate surface area is 110 Å². The van der Waals surface area contributed by atoms with Gasteiger partial charge in [-0.1, -0.05) is 13.0 Å². The van der Waals surface area contributed by atoms with Crippen LogP contribution in [0.2, 0.25) is 0 Å². The van der Waals surface area contributed by atoms with Crippen LogP contribution in [0.25, 0.3) is 0 Å². The highest BCUT2D eigenvalue weighted by atomic mass is 19.2. The van der Waals surface area contributed by atoms with Crippen molar-refractivity contribution in [2.24, 2.45) is 0 Å². The summed E-state index contributed by atoms with van der Waals surface area (Å²) in [4.78, 5) is 0. The van der Waals surface area contributed by atoms with Crippen LogP contribution in [0.3, 0.4) is 0 Å². The van der Waals surface area contributed by atoms with E-state index in [4.69, 9.17) is 0 Å². The lowest BCUT2D eigenvalue weighted by molar-refractivity contribution is 0.497. The molecule has 0 saturated carbocycles. The van der Waals surface area contributed by atoms with E-state index in [1.165, 1.54) is 6.07 Å². The quantitative estimate of drug-likeness (QED) is 0.844. The van der Waals surface area contributed by atoms with Gasteiger partial charge in [0.2, 0.25) is 0 Å². The van der Waals surface area contributed by atoms with E-state index in [1.807, 2.05) is 0 Å². The third-order valence-corrected chi connectivity index (χ3v) is 2.86. The van der Waals surface area contributed by atoms with Gasteiger partial charge in [-0.05, 0) is 37.1 Å². The molecule has 0 saturated heterocycles. The lowest BCUT2D eigenvalue weighted by atomic mass is 10.0. The zero-order valence-corrected chi connectivity index (χ0v) is 10.7. The maximum absolute atomic E-state index is 13.2. The van der Waals surface area contributed by atoms with E-state index in [-0.39, 0.29) is 6.04 Å². The lowest BCUT2D eigenvalue weighted by Crippen LogP contribution is -2.24. The number of nitrogens with zero attached hydrogens (tertiary/aromatic N) is 2. The zero-order valence-electron chi connectivity index (χ0n) is 10.7. The van der Waals surface area contributed by atoms with Gasteiger partial charge in [-0.3, -0.25) is 0 Å². The van der Waals surface area contributed by atoms with Gasteiger partial charge in [0.1, 0.15) is 0 Å². The molecule has 0 radical (unpaired) electrons. The third kappa shape index (κ3) is 3.57. The van der Waals surface area contributed by atoms with Gasteiger partial charge in [-0.15, -0.1) is 0 Å². The van der Waals surface area contributed by atoms with Crippen molar-refractivity contribution in [2.75, 3.05) is 6.54 Å². The van der Waals surface area contributed by atoms with E-state index >= 15 is 0 Å². The molecule has 0 fully saturated rings. The molecule has 2 N–H and O–H groups in total. The van der Waals surface area contributed by atoms with Gasteiger partial charge >= 0.3 is 0 Å². The molecule has 0 spiro atoms. The number of hydrogen-bond acceptors (Lipinski definition) is 3. The summed E-state index contributed by atoms with van der Waals surface area (Å²) in [5, 5.41) is 13.7. The maximum Gasteiger partial charge on any atom is 0.159 e. The average molecular weight is 266 g/mol. The van der Waals surface area contributed by atoms with E-state index in [2.05, 4.69) is 27.7 Å². The van der Waals surface area contributed by atoms with Crippen molar-refractivity contribution in [1.29, 1.82) is 0 Å². The fourth-order valence-corrected chi connectivity index (χ4v) is 1.88. The number of aromatic nitrogens is 3. The molecule has 2 rings (SSSR count). The third-order valence-electron chi connectivity index (χ3n) is 2.86. The van der Waals surface area contributed by atoms with E-state index in [0.29, 0.717) is 6.42 Å². The minimum absolute atomic E-state index is 0.0661. The van der Waals surface area contributed by atoms with Crippen molar-refractivity contribution in [2.45, 2.75) is 25.8 Å². The number of aromatic amines is 1. The normalized spacial score (nSPS) is 12.6. The summed E-state index contributed by atoms with van der Waals surface area (Å²) in [5.74, 6) is -1.66. The summed E-state index contributed by atoms with van der Waals surface area (Å²) >= 11 is 0. The van der Waals surface area contributed by atoms with Crippen molar-refractivity contribution in [3.63, 3.8) is 0 Å². The molecule has 1 aromatic carbocycles. The SMILES string of the molecule is CCCNC(Cc1ccc(F)c(F)c1)c1cn[nH]n1. The summed E-state index contributed by atoms with van der Waals surface area (Å²) in [5.41, 5.74) is 1.48. The second kappa shape index (κ2) is 6.38. The molecule has 4 nitrogen and oxygen atoms in total. The van der Waals surface area contributed by atoms with Crippen LogP contribution in [0.4, 0.5) is 8.78 Å². The highest BCUT2D eigenvalue weighted by molar-refractivity contribution is 5.20. The Hall–Kier alpha value is -1.82. The van der Waals surface area contributed by atoms with Crippen LogP contribution in [0.15, 0.2) is 24.4 Å². The Morgan fingerprint density at radius 2 is 2.16 bits per heavy atom. The van der Waals surface area contributed by atoms with Crippen molar-refractivity contribution in [3.8, 4) is 0 Å². The van der Waals surface area contributed by atoms with Crippen LogP contribution in [-0.2, 0) is 6.42 Å². The van der Waals surface area contributed by atoms with Crippen molar-refractivity contribution in [3.05, 3.63) is 47.3 Å². The summed E-state index contributed by atoms with van der Waals surface area (Å²) < 4.78 is 26.1. The fraction of sp³-hybridized carbons (Fsp3) is 0.385. The van der Waals surface area contributed by atoms with E-state index in [9.17, 15) is 8.78 Å². The minimum Gasteiger partial charge on any atom is -0.308 e. The molecule has 1 heterocycles. The molecule has 0 amide bonds. The molecule has 1 atom stereocenters. The highest BCUT2D eigenvalue weighted by Gasteiger charge is 2.15. The summed E-state index contributed by atoms with van der Waals surface area (Å²) in [6.07, 6.45) is 3.14. The molecule has 6 heteroatoms. The number of H-pyrrole nitrogens is 1. The summed E-state index contributed by atoms with van der Waals surface area (Å²) in [6, 6.07) is 3.88. The largest absolute Gasteiger partial charge is 0.308 e. The van der Waals surface area contributed by atoms with Gasteiger partial charge in [0.15, 0.2) is 11.6 Å². The second-order valence-electron chi connectivity index (χ2n) is 4.35. The van der Waals surface area contributed by atoms with Crippen LogP contribution in [0, 0.1) is 11.6 Å². The Bertz CT molecular complexity index is 513. The van der Waals surface area contributed by atoms with Gasteiger partial charge in [0.05, 0.1) is 17.9 Å². The topological polar surface area (TPSA) is 53.6 Å². The van der Waals surface area contributed by atoms with Gasteiger partial charge in [0.25, 0.3) is 0 Å². The number of benzene rings is 1. The lowest BCUT2D eigenvalue weighted by Gasteiger charge is -2.16. The molecule has 2 aromatic rings. The first-order valence-corrected chi connectivity index (χ1v) is 6.23. The predicted molar refractivity (Wildman–Crippen MR) is 67.5 cm³/mol. The molecular weight excluding hydrogens is 250 g/mol. The minimum atomic E-state index is -0.830. The van der Waals surface area contributed by atoms with Crippen LogP contribution in [0.1, 0.15) is 30.6 Å². The molecule has 102 valence electrons. The summed E-state index contributed by atoms with van der Waals surface area (Å²) in [7, 11) is 0. The second-order valence-corrected chi connectivity index (χ2v) is 4.35. The Morgan fingerprint density at radius 3 is 2.79 bits per heavy atom. The van der Waals surface area contributed by atoms with E-state index in [0.717, 1.165) is 30.3 Å². The van der Waals surface area contributed by atoms with Gasteiger partial charge in [-0.2, -0.15) is 15.4 Å². The number of nitrogens with one attached hydrogen (secondary N) is 2. The fourth-order valence-electron chi connectivity index (χ4n) is 1.88. The van der Waals surface area contributed by atoms with E-state index in [1.54, 1.807) is 12.3 Å². The molecule has 0 bridgehead atoms. The molecule has 1 unspecified atom stereocenters. The first-order chi connectivity index (χ1) is 9.20. The zero-order chi connectivity index (χ0) is 13.7. The van der Waals surface area contributed by atoms with Gasteiger partial charge in [-0.25, -0.2) is 8.78 Å². The van der Waals surface area contributed by atoms with Crippen LogP contribution < -0.4 is 5.32 Å². The van der Waals surface area contributed by atoms with Crippen LogP contribution in [-0.4, -0.2) is 22.0 Å². The first-order valence-electron chi connectivity index (χ1n) is 6.23. The highest BCUT2D eigenvalue weighted by Crippen LogP contribution is 2.17. The van der Waals surface area contributed by atoms with Gasteiger partial charge < -0.3 is 5.32 Å². The number of rotatable bonds is 6. The molecular formula is C13H16F2N4. The first kappa shape index (κ1) is 13.6. The van der Waals surface area contributed by atoms with Gasteiger partial charge in [0, 0.05) is 0 Å². The number of hydrogen-bond donors (Lipinski definition) is 2. The molecule has 0 aliphatic rings. The smallest absolute Gasteiger partial charge is 0.159 e. The Kier molecular flexibility index (Phi) is 4.57. The monoisotopic (exact) mass is 266 g/mol. The van der Waals surface area contributed by atoms with Crippen molar-refractivity contribution >= 4 is 0 Å². The Morgan fingerprint density at radius 1 is 1.32 bits per heavy atom. The van der Waals surface area contributed by atoms with Crippen molar-refractivity contribution in [1.82, 2.24) is 20.7 Å².